The summed E-state index contributed by atoms with van der Waals surface area (Å²) >= 11 is 3.48. The predicted octanol–water partition coefficient (Wildman–Crippen LogP) is 3.32. The van der Waals surface area contributed by atoms with E-state index in [4.69, 9.17) is 4.74 Å². The Kier molecular flexibility index (Phi) is 8.00. The number of guanidine groups is 1. The summed E-state index contributed by atoms with van der Waals surface area (Å²) < 4.78 is 5.89. The highest BCUT2D eigenvalue weighted by Gasteiger charge is 2.39. The van der Waals surface area contributed by atoms with E-state index in [0.29, 0.717) is 31.1 Å². The lowest BCUT2D eigenvalue weighted by Gasteiger charge is -2.32. The van der Waals surface area contributed by atoms with Crippen LogP contribution in [-0.2, 0) is 4.74 Å². The monoisotopic (exact) mass is 536 g/mol. The molecule has 6 nitrogen and oxygen atoms in total. The second-order valence-corrected chi connectivity index (χ2v) is 7.51. The zero-order valence-electron chi connectivity index (χ0n) is 15.1. The Hall–Kier alpha value is -1.03. The van der Waals surface area contributed by atoms with Crippen molar-refractivity contribution in [1.29, 1.82) is 0 Å². The maximum atomic E-state index is 11.5. The molecule has 2 aliphatic rings. The van der Waals surface area contributed by atoms with Crippen LogP contribution in [0.1, 0.15) is 30.7 Å². The summed E-state index contributed by atoms with van der Waals surface area (Å²) in [6.07, 6.45) is 2.69. The Morgan fingerprint density at radius 3 is 2.46 bits per heavy atom. The molecule has 26 heavy (non-hydrogen) atoms. The minimum atomic E-state index is -0.240. The number of aliphatic imine (C=N–C) groups is 1. The standard InChI is InChI=1S/C18H25BrN4O2.HI/c1-20-17(21-14-7-9-23(10-8-14)18(24)25-2)22-16-11-15(16)12-3-5-13(19)6-4-12;/h3-6,14-16H,7-11H2,1-2H3,(H2,20,21,22);1H. The van der Waals surface area contributed by atoms with Crippen molar-refractivity contribution in [2.24, 2.45) is 4.99 Å². The third-order valence-electron chi connectivity index (χ3n) is 4.90. The first-order valence-corrected chi connectivity index (χ1v) is 9.48. The fraction of sp³-hybridized carbons (Fsp3) is 0.556. The number of piperidine rings is 1. The molecule has 2 atom stereocenters. The zero-order chi connectivity index (χ0) is 17.8. The second-order valence-electron chi connectivity index (χ2n) is 6.59. The zero-order valence-corrected chi connectivity index (χ0v) is 19.0. The lowest BCUT2D eigenvalue weighted by Crippen LogP contribution is -2.50. The van der Waals surface area contributed by atoms with Crippen molar-refractivity contribution < 1.29 is 9.53 Å². The molecule has 3 rings (SSSR count). The summed E-state index contributed by atoms with van der Waals surface area (Å²) in [5, 5.41) is 7.01. The first kappa shape index (κ1) is 21.3. The smallest absolute Gasteiger partial charge is 0.409 e. The number of ether oxygens (including phenoxy) is 1. The number of methoxy groups -OCH3 is 1. The van der Waals surface area contributed by atoms with Crippen LogP contribution >= 0.6 is 39.9 Å². The Balaban J connectivity index is 0.00000243. The van der Waals surface area contributed by atoms with Gasteiger partial charge in [-0.1, -0.05) is 28.1 Å². The Labute approximate surface area is 180 Å². The molecule has 2 N–H and O–H groups in total. The summed E-state index contributed by atoms with van der Waals surface area (Å²) in [7, 11) is 3.23. The number of benzene rings is 1. The van der Waals surface area contributed by atoms with Gasteiger partial charge in [0, 0.05) is 42.6 Å². The molecule has 1 aliphatic heterocycles. The number of nitrogens with zero attached hydrogens (tertiary/aromatic N) is 2. The molecule has 1 aliphatic carbocycles. The van der Waals surface area contributed by atoms with Gasteiger partial charge in [0.2, 0.25) is 0 Å². The van der Waals surface area contributed by atoms with Gasteiger partial charge in [0.05, 0.1) is 7.11 Å². The highest BCUT2D eigenvalue weighted by Crippen LogP contribution is 2.41. The quantitative estimate of drug-likeness (QED) is 0.353. The molecule has 0 radical (unpaired) electrons. The van der Waals surface area contributed by atoms with Crippen LogP contribution in [0.25, 0.3) is 0 Å². The molecule has 1 saturated carbocycles. The van der Waals surface area contributed by atoms with Gasteiger partial charge in [-0.25, -0.2) is 4.79 Å². The van der Waals surface area contributed by atoms with Crippen LogP contribution in [0.3, 0.4) is 0 Å². The minimum Gasteiger partial charge on any atom is -0.453 e. The summed E-state index contributed by atoms with van der Waals surface area (Å²) in [6.45, 7) is 1.43. The van der Waals surface area contributed by atoms with E-state index in [2.05, 4.69) is 55.8 Å². The molecule has 144 valence electrons. The molecule has 0 bridgehead atoms. The molecule has 0 aromatic heterocycles. The van der Waals surface area contributed by atoms with Gasteiger partial charge in [-0.3, -0.25) is 4.99 Å². The van der Waals surface area contributed by atoms with Crippen LogP contribution in [-0.4, -0.2) is 56.3 Å². The molecule has 1 saturated heterocycles. The first-order valence-electron chi connectivity index (χ1n) is 8.69. The average molecular weight is 537 g/mol. The van der Waals surface area contributed by atoms with Crippen LogP contribution in [0.5, 0.6) is 0 Å². The Bertz CT molecular complexity index is 633. The molecular weight excluding hydrogens is 511 g/mol. The highest BCUT2D eigenvalue weighted by atomic mass is 127. The molecular formula is C18H26BrIN4O2. The molecule has 2 fully saturated rings. The van der Waals surface area contributed by atoms with Gasteiger partial charge >= 0.3 is 6.09 Å². The summed E-state index contributed by atoms with van der Waals surface area (Å²) in [5.74, 6) is 1.40. The summed E-state index contributed by atoms with van der Waals surface area (Å²) in [4.78, 5) is 17.6. The predicted molar refractivity (Wildman–Crippen MR) is 117 cm³/mol. The van der Waals surface area contributed by atoms with Crippen molar-refractivity contribution in [2.45, 2.75) is 37.3 Å². The highest BCUT2D eigenvalue weighted by molar-refractivity contribution is 14.0. The second kappa shape index (κ2) is 9.77. The van der Waals surface area contributed by atoms with Gasteiger partial charge < -0.3 is 20.3 Å². The van der Waals surface area contributed by atoms with E-state index in [1.165, 1.54) is 12.7 Å². The third-order valence-corrected chi connectivity index (χ3v) is 5.43. The number of hydrogen-bond donors (Lipinski definition) is 2. The lowest BCUT2D eigenvalue weighted by atomic mass is 10.1. The van der Waals surface area contributed by atoms with Crippen molar-refractivity contribution in [3.63, 3.8) is 0 Å². The SMILES string of the molecule is CN=C(NC1CCN(C(=O)OC)CC1)NC1CC1c1ccc(Br)cc1.I. The number of carbonyl (C=O) groups excluding carboxylic acids is 1. The number of rotatable bonds is 3. The first-order chi connectivity index (χ1) is 12.1. The largest absolute Gasteiger partial charge is 0.453 e. The van der Waals surface area contributed by atoms with Crippen LogP contribution < -0.4 is 10.6 Å². The maximum absolute atomic E-state index is 11.5. The van der Waals surface area contributed by atoms with Crippen molar-refractivity contribution in [2.75, 3.05) is 27.2 Å². The van der Waals surface area contributed by atoms with Gasteiger partial charge in [0.15, 0.2) is 5.96 Å². The number of likely N-dealkylation sites (tertiary alicyclic amines) is 1. The topological polar surface area (TPSA) is 66.0 Å². The molecule has 2 unspecified atom stereocenters. The number of nitrogens with one attached hydrogen (secondary N) is 2. The summed E-state index contributed by atoms with van der Waals surface area (Å²) in [6, 6.07) is 9.30. The van der Waals surface area contributed by atoms with E-state index in [-0.39, 0.29) is 30.1 Å². The fourth-order valence-corrected chi connectivity index (χ4v) is 3.57. The summed E-state index contributed by atoms with van der Waals surface area (Å²) in [5.41, 5.74) is 1.36. The Morgan fingerprint density at radius 1 is 1.23 bits per heavy atom. The van der Waals surface area contributed by atoms with Crippen LogP contribution in [0.15, 0.2) is 33.7 Å². The van der Waals surface area contributed by atoms with Crippen LogP contribution in [0.2, 0.25) is 0 Å². The normalized spacial score (nSPS) is 23.0. The third kappa shape index (κ3) is 5.48. The molecule has 1 aromatic carbocycles. The van der Waals surface area contributed by atoms with Crippen molar-refractivity contribution in [3.05, 3.63) is 34.3 Å². The number of hydrogen-bond acceptors (Lipinski definition) is 3. The van der Waals surface area contributed by atoms with Crippen molar-refractivity contribution >= 4 is 52.0 Å². The Morgan fingerprint density at radius 2 is 1.88 bits per heavy atom. The van der Waals surface area contributed by atoms with Gasteiger partial charge in [-0.15, -0.1) is 24.0 Å². The van der Waals surface area contributed by atoms with E-state index in [1.54, 1.807) is 11.9 Å². The average Bonchev–Trinajstić information content (AvgIpc) is 3.40. The lowest BCUT2D eigenvalue weighted by molar-refractivity contribution is 0.111. The van der Waals surface area contributed by atoms with Gasteiger partial charge in [-0.05, 0) is 37.0 Å². The van der Waals surface area contributed by atoms with E-state index >= 15 is 0 Å². The molecule has 1 heterocycles. The van der Waals surface area contributed by atoms with E-state index in [0.717, 1.165) is 29.7 Å². The molecule has 1 aromatic rings. The molecule has 8 heteroatoms. The van der Waals surface area contributed by atoms with Crippen LogP contribution in [0, 0.1) is 0 Å². The fourth-order valence-electron chi connectivity index (χ4n) is 3.31. The van der Waals surface area contributed by atoms with E-state index in [9.17, 15) is 4.79 Å². The van der Waals surface area contributed by atoms with E-state index < -0.39 is 0 Å². The van der Waals surface area contributed by atoms with Crippen LogP contribution in [0.4, 0.5) is 4.79 Å². The van der Waals surface area contributed by atoms with Crippen molar-refractivity contribution in [1.82, 2.24) is 15.5 Å². The van der Waals surface area contributed by atoms with E-state index in [1.807, 2.05) is 0 Å². The molecule has 0 spiro atoms. The number of carbonyl (C=O) groups is 1. The van der Waals surface area contributed by atoms with Crippen molar-refractivity contribution in [3.8, 4) is 0 Å². The minimum absolute atomic E-state index is 0. The molecule has 1 amide bonds. The van der Waals surface area contributed by atoms with Gasteiger partial charge in [0.25, 0.3) is 0 Å². The van der Waals surface area contributed by atoms with Gasteiger partial charge in [-0.2, -0.15) is 0 Å². The number of amides is 1. The maximum Gasteiger partial charge on any atom is 0.409 e. The van der Waals surface area contributed by atoms with Gasteiger partial charge in [0.1, 0.15) is 0 Å². The number of halogens is 2.